The summed E-state index contributed by atoms with van der Waals surface area (Å²) < 4.78 is 25.5. The maximum atomic E-state index is 13.0. The number of aromatic nitrogens is 1. The zero-order valence-electron chi connectivity index (χ0n) is 7.09. The van der Waals surface area contributed by atoms with E-state index in [4.69, 9.17) is 5.11 Å². The highest BCUT2D eigenvalue weighted by atomic mass is 19.1. The number of hydrogen-bond acceptors (Lipinski definition) is 3. The van der Waals surface area contributed by atoms with Gasteiger partial charge in [-0.2, -0.15) is 0 Å². The van der Waals surface area contributed by atoms with Gasteiger partial charge in [0.1, 0.15) is 11.6 Å². The van der Waals surface area contributed by atoms with Crippen LogP contribution in [0.1, 0.15) is 11.7 Å². The topological polar surface area (TPSA) is 45.1 Å². The van der Waals surface area contributed by atoms with Gasteiger partial charge in [-0.25, -0.2) is 8.78 Å². The van der Waals surface area contributed by atoms with Gasteiger partial charge in [-0.3, -0.25) is 4.98 Å². The number of aliphatic hydroxyl groups is 1. The standard InChI is InChI=1S/C8H10F2N2O/c1-11-7(4-13)8-6(10)2-5(9)3-12-8/h2-3,7,11,13H,4H2,1H3. The van der Waals surface area contributed by atoms with Gasteiger partial charge in [-0.05, 0) is 7.05 Å². The highest BCUT2D eigenvalue weighted by Crippen LogP contribution is 2.13. The van der Waals surface area contributed by atoms with Crippen molar-refractivity contribution in [3.8, 4) is 0 Å². The van der Waals surface area contributed by atoms with Crippen molar-refractivity contribution in [1.82, 2.24) is 10.3 Å². The molecular weight excluding hydrogens is 178 g/mol. The summed E-state index contributed by atoms with van der Waals surface area (Å²) >= 11 is 0. The number of hydrogen-bond donors (Lipinski definition) is 2. The first-order chi connectivity index (χ1) is 6.19. The van der Waals surface area contributed by atoms with Crippen LogP contribution in [0.5, 0.6) is 0 Å². The first-order valence-corrected chi connectivity index (χ1v) is 3.78. The number of likely N-dealkylation sites (N-methyl/N-ethyl adjacent to an activating group) is 1. The van der Waals surface area contributed by atoms with Crippen LogP contribution in [-0.2, 0) is 0 Å². The minimum Gasteiger partial charge on any atom is -0.394 e. The molecule has 3 nitrogen and oxygen atoms in total. The van der Waals surface area contributed by atoms with E-state index in [0.717, 1.165) is 12.3 Å². The van der Waals surface area contributed by atoms with Crippen LogP contribution in [0.15, 0.2) is 12.3 Å². The number of nitrogens with zero attached hydrogens (tertiary/aromatic N) is 1. The van der Waals surface area contributed by atoms with E-state index in [2.05, 4.69) is 10.3 Å². The van der Waals surface area contributed by atoms with Crippen molar-refractivity contribution in [1.29, 1.82) is 0 Å². The predicted molar refractivity (Wildman–Crippen MR) is 43.0 cm³/mol. The summed E-state index contributed by atoms with van der Waals surface area (Å²) in [5.74, 6) is -1.48. The van der Waals surface area contributed by atoms with Gasteiger partial charge in [0, 0.05) is 6.07 Å². The average Bonchev–Trinajstić information content (AvgIpc) is 2.10. The second-order valence-corrected chi connectivity index (χ2v) is 2.54. The number of pyridine rings is 1. The fourth-order valence-corrected chi connectivity index (χ4v) is 0.996. The Morgan fingerprint density at radius 2 is 2.31 bits per heavy atom. The Morgan fingerprint density at radius 1 is 1.62 bits per heavy atom. The van der Waals surface area contributed by atoms with Gasteiger partial charge in [0.15, 0.2) is 0 Å². The van der Waals surface area contributed by atoms with Crippen molar-refractivity contribution in [2.75, 3.05) is 13.7 Å². The van der Waals surface area contributed by atoms with E-state index in [1.807, 2.05) is 0 Å². The van der Waals surface area contributed by atoms with Crippen LogP contribution in [0, 0.1) is 11.6 Å². The second kappa shape index (κ2) is 4.25. The van der Waals surface area contributed by atoms with E-state index in [-0.39, 0.29) is 12.3 Å². The smallest absolute Gasteiger partial charge is 0.149 e. The van der Waals surface area contributed by atoms with Crippen LogP contribution < -0.4 is 5.32 Å². The third-order valence-electron chi connectivity index (χ3n) is 1.70. The molecule has 1 aromatic rings. The second-order valence-electron chi connectivity index (χ2n) is 2.54. The van der Waals surface area contributed by atoms with E-state index >= 15 is 0 Å². The Labute approximate surface area is 74.4 Å². The molecule has 1 rings (SSSR count). The maximum absolute atomic E-state index is 13.0. The van der Waals surface area contributed by atoms with E-state index in [0.29, 0.717) is 0 Å². The zero-order valence-corrected chi connectivity index (χ0v) is 7.09. The lowest BCUT2D eigenvalue weighted by Crippen LogP contribution is -2.22. The van der Waals surface area contributed by atoms with E-state index < -0.39 is 17.7 Å². The number of rotatable bonds is 3. The Hall–Kier alpha value is -1.07. The minimum absolute atomic E-state index is 0.0198. The van der Waals surface area contributed by atoms with Gasteiger partial charge in [0.25, 0.3) is 0 Å². The molecule has 0 spiro atoms. The first-order valence-electron chi connectivity index (χ1n) is 3.78. The summed E-state index contributed by atoms with van der Waals surface area (Å²) in [6.45, 7) is -0.286. The van der Waals surface area contributed by atoms with Crippen molar-refractivity contribution < 1.29 is 13.9 Å². The van der Waals surface area contributed by atoms with Crippen molar-refractivity contribution in [2.45, 2.75) is 6.04 Å². The van der Waals surface area contributed by atoms with Gasteiger partial charge in [-0.15, -0.1) is 0 Å². The van der Waals surface area contributed by atoms with Crippen LogP contribution in [-0.4, -0.2) is 23.7 Å². The Balaban J connectivity index is 2.99. The van der Waals surface area contributed by atoms with Crippen LogP contribution in [0.3, 0.4) is 0 Å². The molecular formula is C8H10F2N2O. The molecule has 1 unspecified atom stereocenters. The molecule has 5 heteroatoms. The molecule has 2 N–H and O–H groups in total. The molecule has 0 amide bonds. The predicted octanol–water partition coefficient (Wildman–Crippen LogP) is 0.613. The van der Waals surface area contributed by atoms with Crippen LogP contribution in [0.25, 0.3) is 0 Å². The summed E-state index contributed by atoms with van der Waals surface area (Å²) in [7, 11) is 1.56. The number of halogens is 2. The molecule has 0 saturated carbocycles. The first kappa shape index (κ1) is 10.0. The quantitative estimate of drug-likeness (QED) is 0.730. The summed E-state index contributed by atoms with van der Waals surface area (Å²) in [5, 5.41) is 11.5. The molecule has 1 atom stereocenters. The van der Waals surface area contributed by atoms with Crippen LogP contribution in [0.4, 0.5) is 8.78 Å². The summed E-state index contributed by atoms with van der Waals surface area (Å²) in [6.07, 6.45) is 0.915. The molecule has 1 aromatic heterocycles. The Morgan fingerprint density at radius 3 is 2.77 bits per heavy atom. The molecule has 13 heavy (non-hydrogen) atoms. The molecule has 1 heterocycles. The fraction of sp³-hybridized carbons (Fsp3) is 0.375. The Kier molecular flexibility index (Phi) is 3.27. The largest absolute Gasteiger partial charge is 0.394 e. The lowest BCUT2D eigenvalue weighted by Gasteiger charge is -2.12. The van der Waals surface area contributed by atoms with E-state index in [1.165, 1.54) is 0 Å². The van der Waals surface area contributed by atoms with Crippen molar-refractivity contribution in [3.63, 3.8) is 0 Å². The van der Waals surface area contributed by atoms with Crippen molar-refractivity contribution in [2.24, 2.45) is 0 Å². The van der Waals surface area contributed by atoms with Gasteiger partial charge in [0.2, 0.25) is 0 Å². The van der Waals surface area contributed by atoms with E-state index in [9.17, 15) is 8.78 Å². The third kappa shape index (κ3) is 2.19. The van der Waals surface area contributed by atoms with Crippen LogP contribution >= 0.6 is 0 Å². The minimum atomic E-state index is -0.756. The zero-order chi connectivity index (χ0) is 9.84. The molecule has 0 aliphatic heterocycles. The Bertz CT molecular complexity index is 289. The summed E-state index contributed by atoms with van der Waals surface area (Å²) in [6, 6.07) is 0.142. The number of aliphatic hydroxyl groups excluding tert-OH is 1. The summed E-state index contributed by atoms with van der Waals surface area (Å²) in [5.41, 5.74) is 0.0198. The molecule has 72 valence electrons. The monoisotopic (exact) mass is 188 g/mol. The van der Waals surface area contributed by atoms with Gasteiger partial charge in [0.05, 0.1) is 24.5 Å². The molecule has 0 aliphatic rings. The molecule has 0 aliphatic carbocycles. The van der Waals surface area contributed by atoms with Crippen molar-refractivity contribution in [3.05, 3.63) is 29.6 Å². The third-order valence-corrected chi connectivity index (χ3v) is 1.70. The van der Waals surface area contributed by atoms with Crippen molar-refractivity contribution >= 4 is 0 Å². The lowest BCUT2D eigenvalue weighted by molar-refractivity contribution is 0.245. The van der Waals surface area contributed by atoms with Gasteiger partial charge in [-0.1, -0.05) is 0 Å². The van der Waals surface area contributed by atoms with E-state index in [1.54, 1.807) is 7.05 Å². The normalized spacial score (nSPS) is 12.9. The average molecular weight is 188 g/mol. The SMILES string of the molecule is CNC(CO)c1ncc(F)cc1F. The molecule has 0 aromatic carbocycles. The molecule has 0 radical (unpaired) electrons. The highest BCUT2D eigenvalue weighted by Gasteiger charge is 2.14. The number of nitrogens with one attached hydrogen (secondary N) is 1. The lowest BCUT2D eigenvalue weighted by atomic mass is 10.2. The molecule has 0 fully saturated rings. The maximum Gasteiger partial charge on any atom is 0.149 e. The summed E-state index contributed by atoms with van der Waals surface area (Å²) in [4.78, 5) is 3.55. The molecule has 0 bridgehead atoms. The van der Waals surface area contributed by atoms with Crippen LogP contribution in [0.2, 0.25) is 0 Å². The fourth-order valence-electron chi connectivity index (χ4n) is 0.996. The molecule has 0 saturated heterocycles. The van der Waals surface area contributed by atoms with Gasteiger partial charge < -0.3 is 10.4 Å². The van der Waals surface area contributed by atoms with Gasteiger partial charge >= 0.3 is 0 Å². The highest BCUT2D eigenvalue weighted by molar-refractivity contribution is 5.12.